The highest BCUT2D eigenvalue weighted by Crippen LogP contribution is 2.36. The van der Waals surface area contributed by atoms with Crippen molar-refractivity contribution in [1.29, 1.82) is 0 Å². The van der Waals surface area contributed by atoms with Crippen LogP contribution in [0.5, 0.6) is 11.5 Å². The Morgan fingerprint density at radius 2 is 1.39 bits per heavy atom. The molecule has 0 N–H and O–H groups in total. The Labute approximate surface area is 184 Å². The Bertz CT molecular complexity index is 1060. The van der Waals surface area contributed by atoms with Crippen LogP contribution in [0.1, 0.15) is 49.9 Å². The van der Waals surface area contributed by atoms with Gasteiger partial charge in [-0.2, -0.15) is 0 Å². The van der Waals surface area contributed by atoms with E-state index in [1.165, 1.54) is 0 Å². The Hall–Kier alpha value is -3.40. The van der Waals surface area contributed by atoms with Gasteiger partial charge in [-0.3, -0.25) is 0 Å². The van der Waals surface area contributed by atoms with Crippen LogP contribution in [0.3, 0.4) is 0 Å². The summed E-state index contributed by atoms with van der Waals surface area (Å²) in [5, 5.41) is 0. The molecule has 4 nitrogen and oxygen atoms in total. The number of aryl methyl sites for hydroxylation is 1. The van der Waals surface area contributed by atoms with Gasteiger partial charge >= 0.3 is 11.9 Å². The van der Waals surface area contributed by atoms with Crippen molar-refractivity contribution in [3.05, 3.63) is 95.6 Å². The average molecular weight is 419 g/mol. The molecule has 0 aliphatic rings. The van der Waals surface area contributed by atoms with Crippen LogP contribution in [-0.2, 0) is 21.4 Å². The molecule has 0 saturated heterocycles. The zero-order valence-electron chi connectivity index (χ0n) is 19.0. The monoisotopic (exact) mass is 418 g/mol. The van der Waals surface area contributed by atoms with Crippen molar-refractivity contribution in [3.63, 3.8) is 0 Å². The fourth-order valence-corrected chi connectivity index (χ4v) is 3.08. The van der Waals surface area contributed by atoms with E-state index in [9.17, 15) is 9.59 Å². The molecular formula is C27H30O4. The highest BCUT2D eigenvalue weighted by molar-refractivity contribution is 5.89. The van der Waals surface area contributed by atoms with Gasteiger partial charge in [-0.1, -0.05) is 57.3 Å². The molecule has 2 aromatic rings. The fourth-order valence-electron chi connectivity index (χ4n) is 3.08. The van der Waals surface area contributed by atoms with Gasteiger partial charge in [0.2, 0.25) is 0 Å². The van der Waals surface area contributed by atoms with Crippen LogP contribution in [0.15, 0.2) is 73.4 Å². The summed E-state index contributed by atoms with van der Waals surface area (Å²) in [5.74, 6) is 0.129. The Morgan fingerprint density at radius 1 is 0.903 bits per heavy atom. The number of benzene rings is 2. The third kappa shape index (κ3) is 5.60. The predicted molar refractivity (Wildman–Crippen MR) is 125 cm³/mol. The van der Waals surface area contributed by atoms with E-state index in [-0.39, 0.29) is 5.41 Å². The van der Waals surface area contributed by atoms with Crippen molar-refractivity contribution in [1.82, 2.24) is 0 Å². The first-order valence-electron chi connectivity index (χ1n) is 10.1. The maximum atomic E-state index is 12.0. The molecule has 4 heteroatoms. The molecule has 162 valence electrons. The van der Waals surface area contributed by atoms with Gasteiger partial charge in [-0.05, 0) is 61.6 Å². The topological polar surface area (TPSA) is 52.6 Å². The van der Waals surface area contributed by atoms with E-state index in [1.54, 1.807) is 26.0 Å². The zero-order chi connectivity index (χ0) is 23.3. The molecular weight excluding hydrogens is 388 g/mol. The second-order valence-electron chi connectivity index (χ2n) is 8.26. The molecule has 0 aromatic heterocycles. The lowest BCUT2D eigenvalue weighted by Crippen LogP contribution is -2.20. The highest BCUT2D eigenvalue weighted by Gasteiger charge is 2.25. The molecule has 0 unspecified atom stereocenters. The second-order valence-corrected chi connectivity index (χ2v) is 8.26. The summed E-state index contributed by atoms with van der Waals surface area (Å²) in [4.78, 5) is 23.8. The Morgan fingerprint density at radius 3 is 1.87 bits per heavy atom. The molecule has 0 fully saturated rings. The first-order valence-corrected chi connectivity index (χ1v) is 10.1. The summed E-state index contributed by atoms with van der Waals surface area (Å²) in [6, 6.07) is 11.6. The number of carbonyl (C=O) groups excluding carboxylic acids is 2. The lowest BCUT2D eigenvalue weighted by molar-refractivity contribution is -0.131. The van der Waals surface area contributed by atoms with E-state index in [1.807, 2.05) is 37.3 Å². The molecule has 0 saturated carbocycles. The smallest absolute Gasteiger partial charge is 0.338 e. The van der Waals surface area contributed by atoms with Crippen LogP contribution < -0.4 is 9.47 Å². The first kappa shape index (κ1) is 23.9. The molecule has 0 aliphatic carbocycles. The van der Waals surface area contributed by atoms with Crippen LogP contribution in [0.4, 0.5) is 0 Å². The van der Waals surface area contributed by atoms with Crippen LogP contribution in [0.2, 0.25) is 0 Å². The van der Waals surface area contributed by atoms with Crippen molar-refractivity contribution < 1.29 is 19.1 Å². The van der Waals surface area contributed by atoms with E-state index < -0.39 is 11.9 Å². The van der Waals surface area contributed by atoms with Gasteiger partial charge in [0, 0.05) is 16.6 Å². The van der Waals surface area contributed by atoms with E-state index in [0.717, 1.165) is 22.3 Å². The largest absolute Gasteiger partial charge is 0.423 e. The van der Waals surface area contributed by atoms with Gasteiger partial charge < -0.3 is 9.47 Å². The van der Waals surface area contributed by atoms with Crippen LogP contribution in [-0.4, -0.2) is 11.9 Å². The number of allylic oxidation sites excluding steroid dienone is 1. The maximum Gasteiger partial charge on any atom is 0.338 e. The maximum absolute atomic E-state index is 12.0. The van der Waals surface area contributed by atoms with Crippen LogP contribution >= 0.6 is 0 Å². The van der Waals surface area contributed by atoms with Crippen molar-refractivity contribution in [2.75, 3.05) is 0 Å². The SMILES string of the molecule is C=CCc1cc(C(C)(C)c2ccc(OC(=O)C(=C)C)c(C)c2)ccc1OC(=O)C(=C)C. The third-order valence-corrected chi connectivity index (χ3v) is 5.15. The van der Waals surface area contributed by atoms with Gasteiger partial charge in [-0.15, -0.1) is 6.58 Å². The number of hydrogen-bond donors (Lipinski definition) is 0. The van der Waals surface area contributed by atoms with E-state index in [2.05, 4.69) is 33.6 Å². The average Bonchev–Trinajstić information content (AvgIpc) is 2.70. The van der Waals surface area contributed by atoms with Gasteiger partial charge in [0.1, 0.15) is 11.5 Å². The van der Waals surface area contributed by atoms with Crippen molar-refractivity contribution in [2.45, 2.75) is 46.5 Å². The summed E-state index contributed by atoms with van der Waals surface area (Å²) in [6.07, 6.45) is 2.34. The van der Waals surface area contributed by atoms with E-state index in [0.29, 0.717) is 29.1 Å². The minimum atomic E-state index is -0.451. The van der Waals surface area contributed by atoms with Crippen LogP contribution in [0, 0.1) is 6.92 Å². The molecule has 0 bridgehead atoms. The summed E-state index contributed by atoms with van der Waals surface area (Å²) in [5.41, 5.74) is 4.22. The van der Waals surface area contributed by atoms with E-state index >= 15 is 0 Å². The molecule has 0 atom stereocenters. The van der Waals surface area contributed by atoms with Gasteiger partial charge in [0.25, 0.3) is 0 Å². The molecule has 0 aliphatic heterocycles. The summed E-state index contributed by atoms with van der Waals surface area (Å²) >= 11 is 0. The van der Waals surface area contributed by atoms with E-state index in [4.69, 9.17) is 9.47 Å². The molecule has 0 heterocycles. The number of hydrogen-bond acceptors (Lipinski definition) is 4. The molecule has 0 spiro atoms. The fraction of sp³-hybridized carbons (Fsp3) is 0.259. The number of carbonyl (C=O) groups is 2. The van der Waals surface area contributed by atoms with Crippen molar-refractivity contribution in [3.8, 4) is 11.5 Å². The molecule has 2 rings (SSSR count). The second kappa shape index (κ2) is 9.61. The van der Waals surface area contributed by atoms with Gasteiger partial charge in [0.05, 0.1) is 0 Å². The zero-order valence-corrected chi connectivity index (χ0v) is 19.0. The summed E-state index contributed by atoms with van der Waals surface area (Å²) < 4.78 is 10.9. The van der Waals surface area contributed by atoms with Crippen LogP contribution in [0.25, 0.3) is 0 Å². The Kier molecular flexibility index (Phi) is 7.40. The highest BCUT2D eigenvalue weighted by atomic mass is 16.5. The molecule has 2 aromatic carbocycles. The predicted octanol–water partition coefficient (Wildman–Crippen LogP) is 6.01. The molecule has 0 amide bonds. The quantitative estimate of drug-likeness (QED) is 0.228. The van der Waals surface area contributed by atoms with Gasteiger partial charge in [-0.25, -0.2) is 9.59 Å². The van der Waals surface area contributed by atoms with Crippen molar-refractivity contribution in [2.24, 2.45) is 0 Å². The lowest BCUT2D eigenvalue weighted by atomic mass is 9.77. The number of ether oxygens (including phenoxy) is 2. The van der Waals surface area contributed by atoms with Gasteiger partial charge in [0.15, 0.2) is 0 Å². The Balaban J connectivity index is 2.41. The lowest BCUT2D eigenvalue weighted by Gasteiger charge is -2.28. The minimum absolute atomic E-state index is 0.339. The molecule has 31 heavy (non-hydrogen) atoms. The standard InChI is InChI=1S/C27H30O4/c1-9-10-20-16-22(12-14-24(20)31-26(29)18(4)5)27(7,8)21-11-13-23(19(6)15-21)30-25(28)17(2)3/h9,11-16H,1-2,4,10H2,3,5-8H3. The first-order chi connectivity index (χ1) is 14.5. The minimum Gasteiger partial charge on any atom is -0.423 e. The number of rotatable bonds is 8. The third-order valence-electron chi connectivity index (χ3n) is 5.15. The summed E-state index contributed by atoms with van der Waals surface area (Å²) in [6.45, 7) is 20.4. The molecule has 0 radical (unpaired) electrons. The van der Waals surface area contributed by atoms with Crippen molar-refractivity contribution >= 4 is 11.9 Å². The number of esters is 2. The normalized spacial score (nSPS) is 10.9. The summed E-state index contributed by atoms with van der Waals surface area (Å²) in [7, 11) is 0.